The van der Waals surface area contributed by atoms with E-state index in [1.807, 2.05) is 35.7 Å². The lowest BCUT2D eigenvalue weighted by Gasteiger charge is -2.33. The van der Waals surface area contributed by atoms with Crippen molar-refractivity contribution >= 4 is 23.2 Å². The molecular weight excluding hydrogens is 350 g/mol. The van der Waals surface area contributed by atoms with Crippen LogP contribution in [-0.4, -0.2) is 49.5 Å². The number of benzene rings is 1. The van der Waals surface area contributed by atoms with Crippen molar-refractivity contribution in [2.24, 2.45) is 0 Å². The molecule has 0 spiro atoms. The van der Waals surface area contributed by atoms with Crippen molar-refractivity contribution in [3.63, 3.8) is 0 Å². The standard InChI is InChI=1S/C19H23N3O3S/c23-18(19(24)21-13-16-7-4-12-26-16)20-8-9-22-10-11-25-17(14-22)15-5-2-1-3-6-15/h1-7,12,17H,8-11,13-14H2,(H,20,23)(H,21,24). The van der Waals surface area contributed by atoms with Gasteiger partial charge in [0.05, 0.1) is 19.3 Å². The number of thiophene rings is 1. The summed E-state index contributed by atoms with van der Waals surface area (Å²) in [7, 11) is 0. The quantitative estimate of drug-likeness (QED) is 0.754. The third kappa shape index (κ3) is 5.39. The van der Waals surface area contributed by atoms with E-state index in [1.165, 1.54) is 0 Å². The van der Waals surface area contributed by atoms with Crippen LogP contribution in [-0.2, 0) is 20.9 Å². The molecule has 1 unspecified atom stereocenters. The van der Waals surface area contributed by atoms with Crippen molar-refractivity contribution in [3.05, 3.63) is 58.3 Å². The summed E-state index contributed by atoms with van der Waals surface area (Å²) in [5.74, 6) is -1.18. The van der Waals surface area contributed by atoms with Crippen LogP contribution in [0.5, 0.6) is 0 Å². The molecule has 26 heavy (non-hydrogen) atoms. The fourth-order valence-electron chi connectivity index (χ4n) is 2.84. The maximum Gasteiger partial charge on any atom is 0.309 e. The largest absolute Gasteiger partial charge is 0.371 e. The van der Waals surface area contributed by atoms with Crippen LogP contribution in [0.4, 0.5) is 0 Å². The molecule has 1 aromatic carbocycles. The van der Waals surface area contributed by atoms with Crippen molar-refractivity contribution in [1.29, 1.82) is 0 Å². The van der Waals surface area contributed by atoms with Crippen LogP contribution >= 0.6 is 11.3 Å². The number of ether oxygens (including phenoxy) is 1. The molecule has 138 valence electrons. The monoisotopic (exact) mass is 373 g/mol. The zero-order valence-corrected chi connectivity index (χ0v) is 15.3. The first-order chi connectivity index (χ1) is 12.7. The van der Waals surface area contributed by atoms with Crippen LogP contribution in [0.15, 0.2) is 47.8 Å². The number of nitrogens with one attached hydrogen (secondary N) is 2. The zero-order valence-electron chi connectivity index (χ0n) is 14.5. The fraction of sp³-hybridized carbons (Fsp3) is 0.368. The van der Waals surface area contributed by atoms with Crippen LogP contribution in [0.25, 0.3) is 0 Å². The van der Waals surface area contributed by atoms with E-state index in [9.17, 15) is 9.59 Å². The lowest BCUT2D eigenvalue weighted by Crippen LogP contribution is -2.45. The van der Waals surface area contributed by atoms with Crippen molar-refractivity contribution in [2.75, 3.05) is 32.8 Å². The van der Waals surface area contributed by atoms with Crippen LogP contribution < -0.4 is 10.6 Å². The second kappa shape index (κ2) is 9.47. The second-order valence-corrected chi connectivity index (χ2v) is 7.12. The topological polar surface area (TPSA) is 70.7 Å². The van der Waals surface area contributed by atoms with Gasteiger partial charge in [0.15, 0.2) is 0 Å². The van der Waals surface area contributed by atoms with E-state index in [1.54, 1.807) is 11.3 Å². The molecule has 1 atom stereocenters. The number of hydrogen-bond acceptors (Lipinski definition) is 5. The lowest BCUT2D eigenvalue weighted by atomic mass is 10.1. The Morgan fingerprint density at radius 1 is 1.12 bits per heavy atom. The van der Waals surface area contributed by atoms with Crippen molar-refractivity contribution in [1.82, 2.24) is 15.5 Å². The van der Waals surface area contributed by atoms with Gasteiger partial charge in [0.1, 0.15) is 0 Å². The van der Waals surface area contributed by atoms with Crippen molar-refractivity contribution in [2.45, 2.75) is 12.6 Å². The van der Waals surface area contributed by atoms with E-state index < -0.39 is 11.8 Å². The Morgan fingerprint density at radius 2 is 1.92 bits per heavy atom. The van der Waals surface area contributed by atoms with E-state index in [4.69, 9.17) is 4.74 Å². The first kappa shape index (κ1) is 18.6. The molecule has 7 heteroatoms. The van der Waals surface area contributed by atoms with Gasteiger partial charge in [-0.05, 0) is 17.0 Å². The molecule has 1 aliphatic heterocycles. The summed E-state index contributed by atoms with van der Waals surface area (Å²) in [4.78, 5) is 26.9. The van der Waals surface area contributed by atoms with Crippen molar-refractivity contribution < 1.29 is 14.3 Å². The number of nitrogens with zero attached hydrogens (tertiary/aromatic N) is 1. The fourth-order valence-corrected chi connectivity index (χ4v) is 3.49. The minimum atomic E-state index is -0.595. The molecule has 0 aliphatic carbocycles. The number of hydrogen-bond donors (Lipinski definition) is 2. The third-order valence-electron chi connectivity index (χ3n) is 4.25. The van der Waals surface area contributed by atoms with Gasteiger partial charge in [0, 0.05) is 31.1 Å². The molecule has 1 aliphatic rings. The van der Waals surface area contributed by atoms with Gasteiger partial charge in [-0.3, -0.25) is 14.5 Å². The highest BCUT2D eigenvalue weighted by Crippen LogP contribution is 2.21. The highest BCUT2D eigenvalue weighted by Gasteiger charge is 2.22. The molecule has 1 fully saturated rings. The normalized spacial score (nSPS) is 17.6. The molecule has 1 aromatic heterocycles. The molecule has 3 rings (SSSR count). The maximum absolute atomic E-state index is 11.9. The Morgan fingerprint density at radius 3 is 2.69 bits per heavy atom. The van der Waals surface area contributed by atoms with Crippen molar-refractivity contribution in [3.8, 4) is 0 Å². The van der Waals surface area contributed by atoms with E-state index in [-0.39, 0.29) is 6.10 Å². The second-order valence-electron chi connectivity index (χ2n) is 6.09. The Bertz CT molecular complexity index is 706. The number of carbonyl (C=O) groups excluding carboxylic acids is 2. The summed E-state index contributed by atoms with van der Waals surface area (Å²) in [6, 6.07) is 14.0. The summed E-state index contributed by atoms with van der Waals surface area (Å²) >= 11 is 1.55. The third-order valence-corrected chi connectivity index (χ3v) is 5.12. The summed E-state index contributed by atoms with van der Waals surface area (Å²) in [6.45, 7) is 3.78. The molecule has 0 bridgehead atoms. The molecular formula is C19H23N3O3S. The average Bonchev–Trinajstić information content (AvgIpc) is 3.20. The van der Waals surface area contributed by atoms with Gasteiger partial charge in [-0.2, -0.15) is 0 Å². The van der Waals surface area contributed by atoms with E-state index in [2.05, 4.69) is 27.7 Å². The number of amides is 2. The summed E-state index contributed by atoms with van der Waals surface area (Å²) in [5, 5.41) is 7.25. The smallest absolute Gasteiger partial charge is 0.309 e. The Labute approximate surface area is 157 Å². The molecule has 6 nitrogen and oxygen atoms in total. The SMILES string of the molecule is O=C(NCCN1CCOC(c2ccccc2)C1)C(=O)NCc1cccs1. The van der Waals surface area contributed by atoms with E-state index >= 15 is 0 Å². The average molecular weight is 373 g/mol. The maximum atomic E-state index is 11.9. The zero-order chi connectivity index (χ0) is 18.2. The molecule has 2 amide bonds. The Balaban J connectivity index is 1.37. The molecule has 0 radical (unpaired) electrons. The van der Waals surface area contributed by atoms with Crippen LogP contribution in [0, 0.1) is 0 Å². The molecule has 2 aromatic rings. The minimum absolute atomic E-state index is 0.0507. The van der Waals surface area contributed by atoms with Gasteiger partial charge in [-0.15, -0.1) is 11.3 Å². The molecule has 1 saturated heterocycles. The molecule has 2 heterocycles. The van der Waals surface area contributed by atoms with Gasteiger partial charge < -0.3 is 15.4 Å². The molecule has 2 N–H and O–H groups in total. The number of morpholine rings is 1. The highest BCUT2D eigenvalue weighted by molar-refractivity contribution is 7.09. The predicted molar refractivity (Wildman–Crippen MR) is 101 cm³/mol. The van der Waals surface area contributed by atoms with Gasteiger partial charge in [-0.25, -0.2) is 0 Å². The van der Waals surface area contributed by atoms with Gasteiger partial charge in [-0.1, -0.05) is 36.4 Å². The van der Waals surface area contributed by atoms with E-state index in [0.717, 1.165) is 23.5 Å². The van der Waals surface area contributed by atoms with Crippen LogP contribution in [0.2, 0.25) is 0 Å². The van der Waals surface area contributed by atoms with Crippen LogP contribution in [0.1, 0.15) is 16.5 Å². The molecule has 0 saturated carbocycles. The highest BCUT2D eigenvalue weighted by atomic mass is 32.1. The number of rotatable bonds is 6. The van der Waals surface area contributed by atoms with E-state index in [0.29, 0.717) is 26.2 Å². The summed E-state index contributed by atoms with van der Waals surface area (Å²) < 4.78 is 5.84. The summed E-state index contributed by atoms with van der Waals surface area (Å²) in [6.07, 6.45) is 0.0507. The first-order valence-corrected chi connectivity index (χ1v) is 9.57. The number of carbonyl (C=O) groups is 2. The Hall–Kier alpha value is -2.22. The van der Waals surface area contributed by atoms with Gasteiger partial charge in [0.2, 0.25) is 0 Å². The Kier molecular flexibility index (Phi) is 6.76. The lowest BCUT2D eigenvalue weighted by molar-refractivity contribution is -0.139. The van der Waals surface area contributed by atoms with Gasteiger partial charge >= 0.3 is 11.8 Å². The van der Waals surface area contributed by atoms with Crippen LogP contribution in [0.3, 0.4) is 0 Å². The minimum Gasteiger partial charge on any atom is -0.371 e. The predicted octanol–water partition coefficient (Wildman–Crippen LogP) is 1.55. The summed E-state index contributed by atoms with van der Waals surface area (Å²) in [5.41, 5.74) is 1.16. The van der Waals surface area contributed by atoms with Gasteiger partial charge in [0.25, 0.3) is 0 Å². The first-order valence-electron chi connectivity index (χ1n) is 8.69.